The lowest BCUT2D eigenvalue weighted by molar-refractivity contribution is -0.145. The maximum Gasteiger partial charge on any atom is 0.434 e. The monoisotopic (exact) mass is 249 g/mol. The molecule has 0 aliphatic heterocycles. The number of alkyl halides is 3. The molecule has 0 aromatic carbocycles. The summed E-state index contributed by atoms with van der Waals surface area (Å²) in [5.74, 6) is 0. The Morgan fingerprint density at radius 1 is 1.18 bits per heavy atom. The fraction of sp³-hybridized carbons (Fsp3) is 0.818. The van der Waals surface area contributed by atoms with Crippen molar-refractivity contribution < 1.29 is 13.2 Å². The standard InChI is InChI=1S/C11H18F3N3/c1-7(2)17-9(11(12,13)14)8(15-16-17)6-10(3,4)5/h7H,6H2,1-5H3. The third-order valence-corrected chi connectivity index (χ3v) is 2.22. The molecule has 0 atom stereocenters. The molecule has 1 aromatic heterocycles. The van der Waals surface area contributed by atoms with Crippen LogP contribution in [0, 0.1) is 5.41 Å². The van der Waals surface area contributed by atoms with E-state index in [0.29, 0.717) is 0 Å². The van der Waals surface area contributed by atoms with E-state index in [4.69, 9.17) is 0 Å². The summed E-state index contributed by atoms with van der Waals surface area (Å²) in [6.45, 7) is 8.94. The van der Waals surface area contributed by atoms with Crippen LogP contribution in [0.15, 0.2) is 0 Å². The molecule has 0 fully saturated rings. The molecular formula is C11H18F3N3. The van der Waals surface area contributed by atoms with Crippen molar-refractivity contribution in [2.24, 2.45) is 5.41 Å². The minimum absolute atomic E-state index is 0.0266. The van der Waals surface area contributed by atoms with E-state index in [0.717, 1.165) is 4.68 Å². The van der Waals surface area contributed by atoms with Crippen molar-refractivity contribution in [3.8, 4) is 0 Å². The van der Waals surface area contributed by atoms with Gasteiger partial charge in [0.15, 0.2) is 5.69 Å². The van der Waals surface area contributed by atoms with Crippen molar-refractivity contribution in [1.82, 2.24) is 15.0 Å². The molecule has 3 nitrogen and oxygen atoms in total. The largest absolute Gasteiger partial charge is 0.434 e. The molecule has 0 spiro atoms. The van der Waals surface area contributed by atoms with Crippen LogP contribution >= 0.6 is 0 Å². The molecule has 0 aliphatic carbocycles. The molecule has 0 radical (unpaired) electrons. The summed E-state index contributed by atoms with van der Waals surface area (Å²) in [6, 6.07) is -0.354. The van der Waals surface area contributed by atoms with E-state index in [9.17, 15) is 13.2 Å². The first-order chi connectivity index (χ1) is 7.52. The van der Waals surface area contributed by atoms with E-state index in [2.05, 4.69) is 10.3 Å². The average Bonchev–Trinajstić information content (AvgIpc) is 2.43. The van der Waals surface area contributed by atoms with Gasteiger partial charge in [0.25, 0.3) is 0 Å². The van der Waals surface area contributed by atoms with Gasteiger partial charge >= 0.3 is 6.18 Å². The summed E-state index contributed by atoms with van der Waals surface area (Å²) in [5.41, 5.74) is -0.946. The molecule has 0 saturated heterocycles. The molecular weight excluding hydrogens is 231 g/mol. The van der Waals surface area contributed by atoms with Crippen LogP contribution in [0.3, 0.4) is 0 Å². The molecule has 0 saturated carbocycles. The third kappa shape index (κ3) is 3.44. The van der Waals surface area contributed by atoms with E-state index in [1.165, 1.54) is 0 Å². The summed E-state index contributed by atoms with van der Waals surface area (Å²) in [5, 5.41) is 7.30. The van der Waals surface area contributed by atoms with Crippen LogP contribution in [-0.4, -0.2) is 15.0 Å². The van der Waals surface area contributed by atoms with E-state index < -0.39 is 11.9 Å². The van der Waals surface area contributed by atoms with Gasteiger partial charge in [-0.25, -0.2) is 4.68 Å². The van der Waals surface area contributed by atoms with Gasteiger partial charge in [-0.05, 0) is 25.7 Å². The number of halogens is 3. The highest BCUT2D eigenvalue weighted by molar-refractivity contribution is 5.16. The predicted octanol–water partition coefficient (Wildman–Crippen LogP) is 3.47. The topological polar surface area (TPSA) is 30.7 Å². The first-order valence-electron chi connectivity index (χ1n) is 5.53. The highest BCUT2D eigenvalue weighted by Crippen LogP contribution is 2.34. The fourth-order valence-corrected chi connectivity index (χ4v) is 1.60. The van der Waals surface area contributed by atoms with Crippen molar-refractivity contribution in [2.45, 2.75) is 53.3 Å². The Balaban J connectivity index is 3.24. The van der Waals surface area contributed by atoms with Crippen molar-refractivity contribution in [3.63, 3.8) is 0 Å². The molecule has 1 aromatic rings. The zero-order chi connectivity index (χ0) is 13.4. The summed E-state index contributed by atoms with van der Waals surface area (Å²) in [4.78, 5) is 0. The van der Waals surface area contributed by atoms with Crippen LogP contribution in [0.2, 0.25) is 0 Å². The predicted molar refractivity (Wildman–Crippen MR) is 58.6 cm³/mol. The molecule has 0 aliphatic rings. The zero-order valence-electron chi connectivity index (χ0n) is 10.8. The number of rotatable bonds is 2. The number of hydrogen-bond acceptors (Lipinski definition) is 2. The lowest BCUT2D eigenvalue weighted by Crippen LogP contribution is -2.20. The lowest BCUT2D eigenvalue weighted by Gasteiger charge is -2.19. The molecule has 98 valence electrons. The Bertz CT molecular complexity index is 386. The van der Waals surface area contributed by atoms with Crippen LogP contribution in [0.4, 0.5) is 13.2 Å². The van der Waals surface area contributed by atoms with Gasteiger partial charge in [-0.15, -0.1) is 5.10 Å². The van der Waals surface area contributed by atoms with E-state index >= 15 is 0 Å². The van der Waals surface area contributed by atoms with Crippen LogP contribution in [0.1, 0.15) is 52.0 Å². The van der Waals surface area contributed by atoms with Crippen molar-refractivity contribution >= 4 is 0 Å². The van der Waals surface area contributed by atoms with E-state index in [1.54, 1.807) is 13.8 Å². The molecule has 0 amide bonds. The average molecular weight is 249 g/mol. The summed E-state index contributed by atoms with van der Waals surface area (Å²) >= 11 is 0. The number of nitrogens with zero attached hydrogens (tertiary/aromatic N) is 3. The van der Waals surface area contributed by atoms with Crippen LogP contribution < -0.4 is 0 Å². The smallest absolute Gasteiger partial charge is 0.237 e. The van der Waals surface area contributed by atoms with Crippen LogP contribution in [-0.2, 0) is 12.6 Å². The van der Waals surface area contributed by atoms with Crippen molar-refractivity contribution in [3.05, 3.63) is 11.4 Å². The Morgan fingerprint density at radius 2 is 1.71 bits per heavy atom. The Kier molecular flexibility index (Phi) is 3.55. The minimum atomic E-state index is -4.41. The summed E-state index contributed by atoms with van der Waals surface area (Å²) in [6.07, 6.45) is -4.15. The minimum Gasteiger partial charge on any atom is -0.237 e. The molecule has 0 N–H and O–H groups in total. The molecule has 6 heteroatoms. The van der Waals surface area contributed by atoms with Gasteiger partial charge in [0.1, 0.15) is 0 Å². The van der Waals surface area contributed by atoms with Gasteiger partial charge in [0, 0.05) is 6.04 Å². The maximum atomic E-state index is 13.0. The lowest BCUT2D eigenvalue weighted by atomic mass is 9.90. The second-order valence-corrected chi connectivity index (χ2v) is 5.66. The SMILES string of the molecule is CC(C)n1nnc(CC(C)(C)C)c1C(F)(F)F. The zero-order valence-corrected chi connectivity index (χ0v) is 10.8. The Hall–Kier alpha value is -1.07. The molecule has 0 unspecified atom stereocenters. The van der Waals surface area contributed by atoms with E-state index in [1.807, 2.05) is 20.8 Å². The molecule has 17 heavy (non-hydrogen) atoms. The van der Waals surface area contributed by atoms with Gasteiger partial charge < -0.3 is 0 Å². The number of hydrogen-bond donors (Lipinski definition) is 0. The second kappa shape index (κ2) is 4.31. The van der Waals surface area contributed by atoms with E-state index in [-0.39, 0.29) is 23.6 Å². The van der Waals surface area contributed by atoms with Gasteiger partial charge in [-0.2, -0.15) is 13.2 Å². The molecule has 0 bridgehead atoms. The highest BCUT2D eigenvalue weighted by atomic mass is 19.4. The summed E-state index contributed by atoms with van der Waals surface area (Å²) < 4.78 is 39.9. The fourth-order valence-electron chi connectivity index (χ4n) is 1.60. The normalized spacial score (nSPS) is 13.5. The quantitative estimate of drug-likeness (QED) is 0.803. The first-order valence-corrected chi connectivity index (χ1v) is 5.53. The Labute approximate surface area is 99.0 Å². The molecule has 1 rings (SSSR count). The highest BCUT2D eigenvalue weighted by Gasteiger charge is 2.40. The third-order valence-electron chi connectivity index (χ3n) is 2.22. The van der Waals surface area contributed by atoms with Gasteiger partial charge in [-0.3, -0.25) is 0 Å². The second-order valence-electron chi connectivity index (χ2n) is 5.66. The van der Waals surface area contributed by atoms with Crippen molar-refractivity contribution in [2.75, 3.05) is 0 Å². The first kappa shape index (κ1) is 14.0. The van der Waals surface area contributed by atoms with Crippen LogP contribution in [0.5, 0.6) is 0 Å². The number of aromatic nitrogens is 3. The summed E-state index contributed by atoms with van der Waals surface area (Å²) in [7, 11) is 0. The van der Waals surface area contributed by atoms with Gasteiger partial charge in [0.05, 0.1) is 5.69 Å². The van der Waals surface area contributed by atoms with Gasteiger partial charge in [0.2, 0.25) is 0 Å². The molecule has 1 heterocycles. The Morgan fingerprint density at radius 3 is 2.06 bits per heavy atom. The van der Waals surface area contributed by atoms with Crippen LogP contribution in [0.25, 0.3) is 0 Å². The maximum absolute atomic E-state index is 13.0. The van der Waals surface area contributed by atoms with Crippen molar-refractivity contribution in [1.29, 1.82) is 0 Å². The van der Waals surface area contributed by atoms with Gasteiger partial charge in [-0.1, -0.05) is 26.0 Å².